The monoisotopic (exact) mass is 432 g/mol. The van der Waals surface area contributed by atoms with Gasteiger partial charge in [-0.25, -0.2) is 4.98 Å². The Bertz CT molecular complexity index is 1410. The van der Waals surface area contributed by atoms with Gasteiger partial charge in [0.25, 0.3) is 5.91 Å². The fourth-order valence-electron chi connectivity index (χ4n) is 4.05. The van der Waals surface area contributed by atoms with E-state index in [1.54, 1.807) is 17.1 Å². The van der Waals surface area contributed by atoms with E-state index in [-0.39, 0.29) is 5.91 Å². The van der Waals surface area contributed by atoms with Crippen LogP contribution >= 0.6 is 0 Å². The molecule has 5 rings (SSSR count). The number of rotatable bonds is 6. The number of amides is 1. The maximum absolute atomic E-state index is 13.5. The first-order valence-corrected chi connectivity index (χ1v) is 10.9. The highest BCUT2D eigenvalue weighted by molar-refractivity contribution is 5.92. The molecule has 5 nitrogen and oxygen atoms in total. The van der Waals surface area contributed by atoms with Gasteiger partial charge in [0.1, 0.15) is 5.69 Å². The van der Waals surface area contributed by atoms with Crippen molar-refractivity contribution < 1.29 is 4.79 Å². The molecule has 5 heteroatoms. The number of carbonyl (C=O) groups excluding carboxylic acids is 1. The number of fused-ring (bicyclic) bond motifs is 1. The fraction of sp³-hybridized carbons (Fsp3) is 0.107. The molecule has 1 amide bonds. The van der Waals surface area contributed by atoms with Crippen LogP contribution in [-0.2, 0) is 20.1 Å². The quantitative estimate of drug-likeness (QED) is 0.357. The largest absolute Gasteiger partial charge is 0.330 e. The molecule has 0 aliphatic rings. The molecule has 0 saturated heterocycles. The van der Waals surface area contributed by atoms with E-state index in [0.29, 0.717) is 18.8 Å². The SMILES string of the molecule is Cn1cncc1C(=O)N(Cc1cccc(-c2ccccc2)c1)Cc1cnc2ccccc2c1. The average Bonchev–Trinajstić information content (AvgIpc) is 3.29. The lowest BCUT2D eigenvalue weighted by molar-refractivity contribution is 0.0720. The molecule has 3 aromatic carbocycles. The van der Waals surface area contributed by atoms with Gasteiger partial charge in [-0.1, -0.05) is 66.7 Å². The molecule has 0 atom stereocenters. The number of benzene rings is 3. The maximum Gasteiger partial charge on any atom is 0.272 e. The number of hydrogen-bond acceptors (Lipinski definition) is 3. The number of carbonyl (C=O) groups is 1. The Labute approximate surface area is 193 Å². The van der Waals surface area contributed by atoms with Crippen molar-refractivity contribution in [3.63, 3.8) is 0 Å². The summed E-state index contributed by atoms with van der Waals surface area (Å²) in [6.45, 7) is 0.939. The van der Waals surface area contributed by atoms with Gasteiger partial charge in [-0.05, 0) is 40.5 Å². The van der Waals surface area contributed by atoms with Gasteiger partial charge >= 0.3 is 0 Å². The molecule has 0 spiro atoms. The smallest absolute Gasteiger partial charge is 0.272 e. The van der Waals surface area contributed by atoms with Crippen molar-refractivity contribution in [3.8, 4) is 11.1 Å². The van der Waals surface area contributed by atoms with E-state index in [4.69, 9.17) is 0 Å². The van der Waals surface area contributed by atoms with Crippen LogP contribution in [0.5, 0.6) is 0 Å². The lowest BCUT2D eigenvalue weighted by Gasteiger charge is -2.23. The minimum Gasteiger partial charge on any atom is -0.330 e. The number of para-hydroxylation sites is 1. The average molecular weight is 433 g/mol. The summed E-state index contributed by atoms with van der Waals surface area (Å²) in [5.74, 6) is -0.0618. The van der Waals surface area contributed by atoms with Crippen LogP contribution < -0.4 is 0 Å². The summed E-state index contributed by atoms with van der Waals surface area (Å²) < 4.78 is 1.76. The second-order valence-corrected chi connectivity index (χ2v) is 8.15. The zero-order chi connectivity index (χ0) is 22.6. The highest BCUT2D eigenvalue weighted by Gasteiger charge is 2.20. The van der Waals surface area contributed by atoms with Gasteiger partial charge in [-0.2, -0.15) is 0 Å². The third-order valence-electron chi connectivity index (χ3n) is 5.75. The Morgan fingerprint density at radius 3 is 2.39 bits per heavy atom. The number of hydrogen-bond donors (Lipinski definition) is 0. The summed E-state index contributed by atoms with van der Waals surface area (Å²) in [6, 6.07) is 28.7. The normalized spacial score (nSPS) is 10.9. The number of aryl methyl sites for hydroxylation is 1. The van der Waals surface area contributed by atoms with E-state index < -0.39 is 0 Å². The predicted octanol–water partition coefficient (Wildman–Crippen LogP) is 5.48. The predicted molar refractivity (Wildman–Crippen MR) is 130 cm³/mol. The highest BCUT2D eigenvalue weighted by atomic mass is 16.2. The molecule has 162 valence electrons. The van der Waals surface area contributed by atoms with Crippen molar-refractivity contribution >= 4 is 16.8 Å². The first kappa shape index (κ1) is 20.6. The molecule has 0 aliphatic carbocycles. The zero-order valence-electron chi connectivity index (χ0n) is 18.4. The molecular formula is C28H24N4O. The third-order valence-corrected chi connectivity index (χ3v) is 5.75. The summed E-state index contributed by atoms with van der Waals surface area (Å²) in [4.78, 5) is 24.1. The van der Waals surface area contributed by atoms with Crippen LogP contribution in [0.4, 0.5) is 0 Å². The van der Waals surface area contributed by atoms with Crippen LogP contribution in [0.1, 0.15) is 21.6 Å². The van der Waals surface area contributed by atoms with Crippen LogP contribution in [0.3, 0.4) is 0 Å². The number of nitrogens with zero attached hydrogens (tertiary/aromatic N) is 4. The Morgan fingerprint density at radius 1 is 0.818 bits per heavy atom. The Balaban J connectivity index is 1.47. The standard InChI is InChI=1S/C28H24N4O/c1-31-20-29-17-27(31)28(33)32(19-22-15-25-11-5-6-13-26(25)30-16-22)18-21-8-7-12-24(14-21)23-9-3-2-4-10-23/h2-17,20H,18-19H2,1H3. The van der Waals surface area contributed by atoms with Crippen molar-refractivity contribution in [2.45, 2.75) is 13.1 Å². The van der Waals surface area contributed by atoms with Gasteiger partial charge in [0, 0.05) is 31.7 Å². The van der Waals surface area contributed by atoms with Gasteiger partial charge in [-0.3, -0.25) is 9.78 Å². The van der Waals surface area contributed by atoms with Crippen molar-refractivity contribution in [2.75, 3.05) is 0 Å². The van der Waals surface area contributed by atoms with Crippen molar-refractivity contribution in [2.24, 2.45) is 7.05 Å². The minimum absolute atomic E-state index is 0.0618. The number of aromatic nitrogens is 3. The molecule has 2 aromatic heterocycles. The van der Waals surface area contributed by atoms with Crippen molar-refractivity contribution in [1.29, 1.82) is 0 Å². The lowest BCUT2D eigenvalue weighted by Crippen LogP contribution is -2.31. The van der Waals surface area contributed by atoms with Crippen LogP contribution in [0.15, 0.2) is 104 Å². The van der Waals surface area contributed by atoms with Gasteiger partial charge in [0.2, 0.25) is 0 Å². The van der Waals surface area contributed by atoms with Crippen LogP contribution in [0.25, 0.3) is 22.0 Å². The molecule has 0 fully saturated rings. The van der Waals surface area contributed by atoms with Crippen LogP contribution in [0, 0.1) is 0 Å². The molecular weight excluding hydrogens is 408 g/mol. The van der Waals surface area contributed by atoms with Gasteiger partial charge < -0.3 is 9.47 Å². The molecule has 5 aromatic rings. The summed E-state index contributed by atoms with van der Waals surface area (Å²) >= 11 is 0. The van der Waals surface area contributed by atoms with E-state index >= 15 is 0 Å². The van der Waals surface area contributed by atoms with E-state index in [2.05, 4.69) is 46.4 Å². The van der Waals surface area contributed by atoms with Crippen molar-refractivity contribution in [3.05, 3.63) is 120 Å². The van der Waals surface area contributed by atoms with E-state index in [9.17, 15) is 4.79 Å². The van der Waals surface area contributed by atoms with Gasteiger partial charge in [-0.15, -0.1) is 0 Å². The second kappa shape index (κ2) is 9.09. The van der Waals surface area contributed by atoms with E-state index in [0.717, 1.165) is 33.2 Å². The van der Waals surface area contributed by atoms with Gasteiger partial charge in [0.15, 0.2) is 0 Å². The number of pyridine rings is 1. The second-order valence-electron chi connectivity index (χ2n) is 8.15. The summed E-state index contributed by atoms with van der Waals surface area (Å²) in [7, 11) is 1.84. The summed E-state index contributed by atoms with van der Waals surface area (Å²) in [5, 5.41) is 1.06. The molecule has 2 heterocycles. The third kappa shape index (κ3) is 4.53. The van der Waals surface area contributed by atoms with E-state index in [1.165, 1.54) is 0 Å². The molecule has 0 bridgehead atoms. The summed E-state index contributed by atoms with van der Waals surface area (Å²) in [5.41, 5.74) is 5.85. The molecule has 0 saturated carbocycles. The first-order valence-electron chi connectivity index (χ1n) is 10.9. The Hall–Kier alpha value is -4.25. The van der Waals surface area contributed by atoms with E-state index in [1.807, 2.05) is 66.7 Å². The summed E-state index contributed by atoms with van der Waals surface area (Å²) in [6.07, 6.45) is 5.12. The van der Waals surface area contributed by atoms with Crippen LogP contribution in [-0.4, -0.2) is 25.3 Å². The molecule has 0 unspecified atom stereocenters. The minimum atomic E-state index is -0.0618. The Morgan fingerprint density at radius 2 is 1.58 bits per heavy atom. The molecule has 0 radical (unpaired) electrons. The zero-order valence-corrected chi connectivity index (χ0v) is 18.4. The topological polar surface area (TPSA) is 51.0 Å². The molecule has 0 N–H and O–H groups in total. The lowest BCUT2D eigenvalue weighted by atomic mass is 10.0. The molecule has 0 aliphatic heterocycles. The Kier molecular flexibility index (Phi) is 5.68. The fourth-order valence-corrected chi connectivity index (χ4v) is 4.05. The maximum atomic E-state index is 13.5. The molecule has 33 heavy (non-hydrogen) atoms. The first-order chi connectivity index (χ1) is 16.2. The van der Waals surface area contributed by atoms with Gasteiger partial charge in [0.05, 0.1) is 18.0 Å². The highest BCUT2D eigenvalue weighted by Crippen LogP contribution is 2.22. The number of imidazole rings is 1. The van der Waals surface area contributed by atoms with Crippen molar-refractivity contribution in [1.82, 2.24) is 19.4 Å². The van der Waals surface area contributed by atoms with Crippen LogP contribution in [0.2, 0.25) is 0 Å².